The summed E-state index contributed by atoms with van der Waals surface area (Å²) in [7, 11) is 1.35. The fourth-order valence-corrected chi connectivity index (χ4v) is 7.25. The van der Waals surface area contributed by atoms with Crippen LogP contribution in [0.3, 0.4) is 0 Å². The number of fused-ring (bicyclic) bond motifs is 1. The van der Waals surface area contributed by atoms with E-state index in [1.54, 1.807) is 11.0 Å². The number of carbonyl (C=O) groups is 3. The molecule has 228 valence electrons. The number of esters is 1. The molecule has 0 bridgehead atoms. The van der Waals surface area contributed by atoms with Gasteiger partial charge >= 0.3 is 12.1 Å². The smallest absolute Gasteiger partial charge is 0.408 e. The molecule has 5 rings (SSSR count). The van der Waals surface area contributed by atoms with Gasteiger partial charge in [0.1, 0.15) is 23.9 Å². The van der Waals surface area contributed by atoms with Crippen molar-refractivity contribution in [3.63, 3.8) is 0 Å². The predicted octanol–water partition coefficient (Wildman–Crippen LogP) is 5.66. The van der Waals surface area contributed by atoms with E-state index in [0.29, 0.717) is 18.9 Å². The van der Waals surface area contributed by atoms with Gasteiger partial charge < -0.3 is 24.8 Å². The zero-order valence-corrected chi connectivity index (χ0v) is 24.8. The lowest BCUT2D eigenvalue weighted by Gasteiger charge is -2.31. The topological polar surface area (TPSA) is 118 Å². The average Bonchev–Trinajstić information content (AvgIpc) is 3.78. The highest BCUT2D eigenvalue weighted by Crippen LogP contribution is 2.34. The molecule has 0 spiro atoms. The first kappa shape index (κ1) is 30.1. The van der Waals surface area contributed by atoms with E-state index in [4.69, 9.17) is 9.47 Å². The number of pyridine rings is 1. The van der Waals surface area contributed by atoms with Crippen LogP contribution in [0.1, 0.15) is 89.2 Å². The number of methoxy groups -OCH3 is 1. The number of alkyl carbamates (subject to hydrolysis) is 1. The lowest BCUT2D eigenvalue weighted by Crippen LogP contribution is -2.54. The summed E-state index contributed by atoms with van der Waals surface area (Å²) in [5.74, 6) is 0.0315. The molecule has 2 heterocycles. The maximum Gasteiger partial charge on any atom is 0.408 e. The first-order chi connectivity index (χ1) is 20.4. The van der Waals surface area contributed by atoms with Gasteiger partial charge in [-0.25, -0.2) is 14.6 Å². The van der Waals surface area contributed by atoms with Crippen molar-refractivity contribution in [3.8, 4) is 5.75 Å². The van der Waals surface area contributed by atoms with Gasteiger partial charge in [-0.1, -0.05) is 43.9 Å². The maximum atomic E-state index is 13.6. The van der Waals surface area contributed by atoms with Gasteiger partial charge in [-0.3, -0.25) is 4.79 Å². The molecule has 1 aromatic carbocycles. The van der Waals surface area contributed by atoms with Crippen molar-refractivity contribution in [3.05, 3.63) is 36.0 Å². The molecule has 3 aliphatic rings. The Bertz CT molecular complexity index is 1250. The minimum Gasteiger partial charge on any atom is -0.506 e. The number of nitrogens with zero attached hydrogens (tertiary/aromatic N) is 2. The van der Waals surface area contributed by atoms with Crippen molar-refractivity contribution in [1.29, 1.82) is 0 Å². The van der Waals surface area contributed by atoms with E-state index in [-0.39, 0.29) is 23.7 Å². The Balaban J connectivity index is 1.10. The Hall–Kier alpha value is -3.36. The van der Waals surface area contributed by atoms with Crippen molar-refractivity contribution in [2.75, 3.05) is 13.7 Å². The van der Waals surface area contributed by atoms with Gasteiger partial charge in [-0.2, -0.15) is 0 Å². The average molecular weight is 580 g/mol. The van der Waals surface area contributed by atoms with Crippen LogP contribution in [0.2, 0.25) is 0 Å². The highest BCUT2D eigenvalue weighted by atomic mass is 16.6. The molecule has 2 aliphatic carbocycles. The molecule has 2 aromatic rings. The molecule has 9 heteroatoms. The maximum absolute atomic E-state index is 13.6. The Kier molecular flexibility index (Phi) is 10.2. The molecule has 2 N–H and O–H groups in total. The Labute approximate surface area is 248 Å². The van der Waals surface area contributed by atoms with Crippen LogP contribution in [0, 0.1) is 11.8 Å². The summed E-state index contributed by atoms with van der Waals surface area (Å²) in [6.45, 7) is 0.500. The molecular weight excluding hydrogens is 534 g/mol. The van der Waals surface area contributed by atoms with Gasteiger partial charge in [0.05, 0.1) is 18.3 Å². The lowest BCUT2D eigenvalue weighted by molar-refractivity contribution is -0.152. The van der Waals surface area contributed by atoms with Gasteiger partial charge in [0.15, 0.2) is 0 Å². The third-order valence-electron chi connectivity index (χ3n) is 9.54. The number of nitrogens with one attached hydrogen (secondary N) is 1. The molecule has 3 fully saturated rings. The number of ether oxygens (including phenoxy) is 2. The van der Waals surface area contributed by atoms with Crippen LogP contribution < -0.4 is 5.32 Å². The minimum atomic E-state index is -0.676. The number of hydrogen-bond acceptors (Lipinski definition) is 7. The fraction of sp³-hybridized carbons (Fsp3) is 0.636. The normalized spacial score (nSPS) is 23.3. The number of aromatic hydroxyl groups is 1. The highest BCUT2D eigenvalue weighted by molar-refractivity contribution is 5.90. The third kappa shape index (κ3) is 7.16. The molecule has 0 radical (unpaired) electrons. The standard InChI is InChI=1S/C33H45N3O6/c1-41-32(39)27-18-10-20-36(27)31(38)30(23-12-5-6-13-23)35-33(40)42-29-19-9-15-22(29)11-3-2-4-17-26-28(37)21-24-14-7-8-16-25(24)34-26/h7-8,14,16,21-23,27,29-30,37H,2-6,9-13,15,17-20H2,1H3,(H,35,40)/t22-,27-,29-,30-/m0/s1. The van der Waals surface area contributed by atoms with Crippen molar-refractivity contribution in [2.24, 2.45) is 11.8 Å². The quantitative estimate of drug-likeness (QED) is 0.260. The van der Waals surface area contributed by atoms with Crippen molar-refractivity contribution in [1.82, 2.24) is 15.2 Å². The van der Waals surface area contributed by atoms with Gasteiger partial charge in [-0.05, 0) is 88.2 Å². The van der Waals surface area contributed by atoms with Crippen LogP contribution in [-0.4, -0.2) is 64.8 Å². The van der Waals surface area contributed by atoms with Crippen LogP contribution in [0.25, 0.3) is 10.9 Å². The van der Waals surface area contributed by atoms with Crippen LogP contribution in [0.4, 0.5) is 4.79 Å². The second-order valence-electron chi connectivity index (χ2n) is 12.3. The number of amides is 2. The van der Waals surface area contributed by atoms with E-state index in [2.05, 4.69) is 10.3 Å². The van der Waals surface area contributed by atoms with E-state index in [1.165, 1.54) is 7.11 Å². The molecule has 9 nitrogen and oxygen atoms in total. The number of hydrogen-bond donors (Lipinski definition) is 2. The van der Waals surface area contributed by atoms with E-state index in [0.717, 1.165) is 100 Å². The van der Waals surface area contributed by atoms with E-state index in [1.807, 2.05) is 24.3 Å². The lowest BCUT2D eigenvalue weighted by atomic mass is 9.96. The van der Waals surface area contributed by atoms with Gasteiger partial charge in [0.25, 0.3) is 0 Å². The zero-order valence-electron chi connectivity index (χ0n) is 24.8. The molecule has 1 saturated heterocycles. The SMILES string of the molecule is COC(=O)[C@@H]1CCCN1C(=O)[C@@H](NC(=O)O[C@H]1CCC[C@@H]1CCCCCc1nc2ccccc2cc1O)C1CCCC1. The van der Waals surface area contributed by atoms with Crippen molar-refractivity contribution in [2.45, 2.75) is 108 Å². The van der Waals surface area contributed by atoms with Gasteiger partial charge in [0.2, 0.25) is 5.91 Å². The number of unbranched alkanes of at least 4 members (excludes halogenated alkanes) is 2. The number of rotatable bonds is 11. The third-order valence-corrected chi connectivity index (χ3v) is 9.54. The fourth-order valence-electron chi connectivity index (χ4n) is 7.25. The Morgan fingerprint density at radius 3 is 2.64 bits per heavy atom. The molecule has 2 saturated carbocycles. The number of benzene rings is 1. The summed E-state index contributed by atoms with van der Waals surface area (Å²) in [5, 5.41) is 14.2. The zero-order chi connectivity index (χ0) is 29.5. The summed E-state index contributed by atoms with van der Waals surface area (Å²) in [6, 6.07) is 8.35. The van der Waals surface area contributed by atoms with Crippen LogP contribution in [0.15, 0.2) is 30.3 Å². The van der Waals surface area contributed by atoms with Crippen LogP contribution >= 0.6 is 0 Å². The van der Waals surface area contributed by atoms with Crippen molar-refractivity contribution >= 4 is 28.9 Å². The minimum absolute atomic E-state index is 0.0554. The molecule has 4 atom stereocenters. The largest absolute Gasteiger partial charge is 0.506 e. The molecule has 0 unspecified atom stereocenters. The Morgan fingerprint density at radius 2 is 1.83 bits per heavy atom. The molecule has 42 heavy (non-hydrogen) atoms. The van der Waals surface area contributed by atoms with E-state index in [9.17, 15) is 19.5 Å². The van der Waals surface area contributed by atoms with Crippen LogP contribution in [0.5, 0.6) is 5.75 Å². The number of aromatic nitrogens is 1. The first-order valence-corrected chi connectivity index (χ1v) is 15.9. The first-order valence-electron chi connectivity index (χ1n) is 15.9. The summed E-state index contributed by atoms with van der Waals surface area (Å²) in [5.41, 5.74) is 1.64. The molecule has 2 amide bonds. The second kappa shape index (κ2) is 14.2. The Morgan fingerprint density at radius 1 is 1.02 bits per heavy atom. The second-order valence-corrected chi connectivity index (χ2v) is 12.3. The van der Waals surface area contributed by atoms with Crippen LogP contribution in [-0.2, 0) is 25.5 Å². The number of carbonyl (C=O) groups excluding carboxylic acids is 3. The summed E-state index contributed by atoms with van der Waals surface area (Å²) >= 11 is 0. The summed E-state index contributed by atoms with van der Waals surface area (Å²) in [4.78, 5) is 45.3. The van der Waals surface area contributed by atoms with E-state index >= 15 is 0 Å². The highest BCUT2D eigenvalue weighted by Gasteiger charge is 2.42. The summed E-state index contributed by atoms with van der Waals surface area (Å²) < 4.78 is 10.9. The number of aryl methyl sites for hydroxylation is 1. The van der Waals surface area contributed by atoms with E-state index < -0.39 is 24.1 Å². The monoisotopic (exact) mass is 579 g/mol. The number of para-hydroxylation sites is 1. The van der Waals surface area contributed by atoms with Gasteiger partial charge in [0, 0.05) is 11.9 Å². The molecule has 1 aliphatic heterocycles. The predicted molar refractivity (Wildman–Crippen MR) is 159 cm³/mol. The summed E-state index contributed by atoms with van der Waals surface area (Å²) in [6.07, 6.45) is 12.1. The molecular formula is C33H45N3O6. The van der Waals surface area contributed by atoms with Gasteiger partial charge in [-0.15, -0.1) is 0 Å². The van der Waals surface area contributed by atoms with Crippen molar-refractivity contribution < 1.29 is 29.0 Å². The molecule has 1 aromatic heterocycles. The number of likely N-dealkylation sites (tertiary alicyclic amines) is 1.